The summed E-state index contributed by atoms with van der Waals surface area (Å²) in [5.74, 6) is 0. The van der Waals surface area contributed by atoms with Gasteiger partial charge in [0.15, 0.2) is 0 Å². The normalized spacial score (nSPS) is 22.9. The van der Waals surface area contributed by atoms with Crippen molar-refractivity contribution in [1.82, 2.24) is 4.90 Å². The molecule has 1 unspecified atom stereocenters. The van der Waals surface area contributed by atoms with Crippen LogP contribution in [-0.4, -0.2) is 29.3 Å². The molecule has 2 nitrogen and oxygen atoms in total. The van der Waals surface area contributed by atoms with Gasteiger partial charge < -0.3 is 5.11 Å². The zero-order valence-corrected chi connectivity index (χ0v) is 9.10. The maximum Gasteiger partial charge on any atom is 0.0959 e. The summed E-state index contributed by atoms with van der Waals surface area (Å²) in [5, 5.41) is 9.27. The molecule has 15 heavy (non-hydrogen) atoms. The van der Waals surface area contributed by atoms with Gasteiger partial charge in [-0.1, -0.05) is 36.8 Å². The van der Waals surface area contributed by atoms with E-state index < -0.39 is 0 Å². The maximum atomic E-state index is 9.27. The number of aliphatic hydroxyl groups excluding tert-OH is 1. The fourth-order valence-electron chi connectivity index (χ4n) is 2.36. The van der Waals surface area contributed by atoms with E-state index in [-0.39, 0.29) is 6.73 Å². The van der Waals surface area contributed by atoms with E-state index in [0.29, 0.717) is 6.04 Å². The van der Waals surface area contributed by atoms with Crippen LogP contribution in [-0.2, 0) is 6.42 Å². The number of aliphatic hydroxyl groups is 1. The number of piperidine rings is 1. The van der Waals surface area contributed by atoms with Gasteiger partial charge in [-0.2, -0.15) is 0 Å². The second kappa shape index (κ2) is 5.29. The first-order valence-electron chi connectivity index (χ1n) is 5.79. The minimum absolute atomic E-state index is 0.206. The lowest BCUT2D eigenvalue weighted by atomic mass is 9.96. The van der Waals surface area contributed by atoms with E-state index in [4.69, 9.17) is 0 Å². The molecule has 1 saturated heterocycles. The Morgan fingerprint density at radius 2 is 2.00 bits per heavy atom. The molecule has 82 valence electrons. The largest absolute Gasteiger partial charge is 0.381 e. The molecule has 1 aromatic carbocycles. The van der Waals surface area contributed by atoms with Crippen LogP contribution < -0.4 is 0 Å². The first-order chi connectivity index (χ1) is 7.40. The van der Waals surface area contributed by atoms with Crippen LogP contribution in [0.15, 0.2) is 30.3 Å². The Labute approximate surface area is 91.5 Å². The standard InChI is InChI=1S/C13H19NO/c15-11-14-9-5-4-8-13(14)10-12-6-2-1-3-7-12/h1-3,6-7,13,15H,4-5,8-11H2. The van der Waals surface area contributed by atoms with Crippen molar-refractivity contribution in [3.63, 3.8) is 0 Å². The van der Waals surface area contributed by atoms with Crippen molar-refractivity contribution >= 4 is 0 Å². The topological polar surface area (TPSA) is 23.5 Å². The minimum Gasteiger partial charge on any atom is -0.381 e. The summed E-state index contributed by atoms with van der Waals surface area (Å²) in [7, 11) is 0. The Bertz CT molecular complexity index is 286. The Hall–Kier alpha value is -0.860. The molecule has 0 spiro atoms. The molecule has 2 heteroatoms. The molecule has 1 aliphatic heterocycles. The van der Waals surface area contributed by atoms with Gasteiger partial charge in [-0.3, -0.25) is 4.90 Å². The first-order valence-corrected chi connectivity index (χ1v) is 5.79. The highest BCUT2D eigenvalue weighted by molar-refractivity contribution is 5.16. The molecule has 1 N–H and O–H groups in total. The van der Waals surface area contributed by atoms with Gasteiger partial charge in [-0.25, -0.2) is 0 Å². The summed E-state index contributed by atoms with van der Waals surface area (Å²) in [6, 6.07) is 11.1. The Kier molecular flexibility index (Phi) is 3.75. The van der Waals surface area contributed by atoms with Crippen LogP contribution in [0.2, 0.25) is 0 Å². The van der Waals surface area contributed by atoms with Gasteiger partial charge >= 0.3 is 0 Å². The molecule has 0 radical (unpaired) electrons. The zero-order valence-electron chi connectivity index (χ0n) is 9.10. The third-order valence-electron chi connectivity index (χ3n) is 3.24. The molecule has 0 aliphatic carbocycles. The third-order valence-corrected chi connectivity index (χ3v) is 3.24. The number of benzene rings is 1. The van der Waals surface area contributed by atoms with E-state index in [1.165, 1.54) is 24.8 Å². The lowest BCUT2D eigenvalue weighted by Crippen LogP contribution is -2.41. The van der Waals surface area contributed by atoms with Gasteiger partial charge in [-0.05, 0) is 24.8 Å². The lowest BCUT2D eigenvalue weighted by Gasteiger charge is -2.34. The zero-order chi connectivity index (χ0) is 10.5. The van der Waals surface area contributed by atoms with Crippen LogP contribution >= 0.6 is 0 Å². The van der Waals surface area contributed by atoms with Crippen LogP contribution in [0, 0.1) is 0 Å². The SMILES string of the molecule is OCN1CCCCC1Cc1ccccc1. The number of hydrogen-bond donors (Lipinski definition) is 1. The highest BCUT2D eigenvalue weighted by Gasteiger charge is 2.21. The molecule has 1 aliphatic rings. The van der Waals surface area contributed by atoms with Crippen molar-refractivity contribution in [2.45, 2.75) is 31.7 Å². The van der Waals surface area contributed by atoms with Crippen LogP contribution in [0.4, 0.5) is 0 Å². The lowest BCUT2D eigenvalue weighted by molar-refractivity contribution is 0.0444. The van der Waals surface area contributed by atoms with Crippen molar-refractivity contribution < 1.29 is 5.11 Å². The van der Waals surface area contributed by atoms with Crippen molar-refractivity contribution in [2.24, 2.45) is 0 Å². The van der Waals surface area contributed by atoms with Gasteiger partial charge in [-0.15, -0.1) is 0 Å². The van der Waals surface area contributed by atoms with Crippen LogP contribution in [0.1, 0.15) is 24.8 Å². The maximum absolute atomic E-state index is 9.27. The van der Waals surface area contributed by atoms with Gasteiger partial charge in [0, 0.05) is 12.6 Å². The molecular weight excluding hydrogens is 186 g/mol. The first kappa shape index (κ1) is 10.7. The van der Waals surface area contributed by atoms with E-state index in [1.54, 1.807) is 0 Å². The second-order valence-electron chi connectivity index (χ2n) is 4.29. The molecule has 1 atom stereocenters. The fourth-order valence-corrected chi connectivity index (χ4v) is 2.36. The molecule has 0 bridgehead atoms. The Morgan fingerprint density at radius 3 is 2.73 bits per heavy atom. The van der Waals surface area contributed by atoms with Gasteiger partial charge in [0.1, 0.15) is 0 Å². The van der Waals surface area contributed by atoms with E-state index in [1.807, 2.05) is 6.07 Å². The molecule has 0 amide bonds. The molecule has 1 fully saturated rings. The Morgan fingerprint density at radius 1 is 1.20 bits per heavy atom. The molecular formula is C13H19NO. The second-order valence-corrected chi connectivity index (χ2v) is 4.29. The summed E-state index contributed by atoms with van der Waals surface area (Å²) in [4.78, 5) is 2.19. The van der Waals surface area contributed by atoms with E-state index in [2.05, 4.69) is 29.2 Å². The van der Waals surface area contributed by atoms with Gasteiger partial charge in [0.05, 0.1) is 6.73 Å². The molecule has 0 saturated carbocycles. The quantitative estimate of drug-likeness (QED) is 0.816. The highest BCUT2D eigenvalue weighted by Crippen LogP contribution is 2.19. The van der Waals surface area contributed by atoms with E-state index in [9.17, 15) is 5.11 Å². The van der Waals surface area contributed by atoms with E-state index in [0.717, 1.165) is 13.0 Å². The number of hydrogen-bond acceptors (Lipinski definition) is 2. The average Bonchev–Trinajstić information content (AvgIpc) is 2.31. The van der Waals surface area contributed by atoms with Gasteiger partial charge in [0.2, 0.25) is 0 Å². The molecule has 1 aromatic rings. The smallest absolute Gasteiger partial charge is 0.0959 e. The van der Waals surface area contributed by atoms with Crippen LogP contribution in [0.25, 0.3) is 0 Å². The van der Waals surface area contributed by atoms with E-state index >= 15 is 0 Å². The van der Waals surface area contributed by atoms with Gasteiger partial charge in [0.25, 0.3) is 0 Å². The van der Waals surface area contributed by atoms with Crippen molar-refractivity contribution in [1.29, 1.82) is 0 Å². The minimum atomic E-state index is 0.206. The third kappa shape index (κ3) is 2.80. The Balaban J connectivity index is 1.97. The van der Waals surface area contributed by atoms with Crippen LogP contribution in [0.3, 0.4) is 0 Å². The summed E-state index contributed by atoms with van der Waals surface area (Å²) in [5.41, 5.74) is 1.38. The predicted octanol–water partition coefficient (Wildman–Crippen LogP) is 2.03. The molecule has 2 rings (SSSR count). The monoisotopic (exact) mass is 205 g/mol. The summed E-state index contributed by atoms with van der Waals surface area (Å²) < 4.78 is 0. The summed E-state index contributed by atoms with van der Waals surface area (Å²) in [6.07, 6.45) is 4.82. The summed E-state index contributed by atoms with van der Waals surface area (Å²) >= 11 is 0. The average molecular weight is 205 g/mol. The van der Waals surface area contributed by atoms with Crippen LogP contribution in [0.5, 0.6) is 0 Å². The van der Waals surface area contributed by atoms with Crippen molar-refractivity contribution in [3.05, 3.63) is 35.9 Å². The number of nitrogens with zero attached hydrogens (tertiary/aromatic N) is 1. The molecule has 0 aromatic heterocycles. The number of likely N-dealkylation sites (tertiary alicyclic amines) is 1. The predicted molar refractivity (Wildman–Crippen MR) is 61.6 cm³/mol. The summed E-state index contributed by atoms with van der Waals surface area (Å²) in [6.45, 7) is 1.26. The fraction of sp³-hybridized carbons (Fsp3) is 0.538. The van der Waals surface area contributed by atoms with Crippen molar-refractivity contribution in [3.8, 4) is 0 Å². The molecule has 1 heterocycles. The number of rotatable bonds is 3. The highest BCUT2D eigenvalue weighted by atomic mass is 16.3. The van der Waals surface area contributed by atoms with Crippen molar-refractivity contribution in [2.75, 3.05) is 13.3 Å².